The molecule has 5 nitrogen and oxygen atoms in total. The Kier molecular flexibility index (Phi) is 3.10. The lowest BCUT2D eigenvalue weighted by atomic mass is 9.95. The fourth-order valence-corrected chi connectivity index (χ4v) is 2.65. The molecule has 1 aromatic heterocycles. The van der Waals surface area contributed by atoms with Gasteiger partial charge in [0, 0.05) is 43.1 Å². The fourth-order valence-electron chi connectivity index (χ4n) is 2.65. The molecule has 0 saturated heterocycles. The summed E-state index contributed by atoms with van der Waals surface area (Å²) in [6.07, 6.45) is 6.30. The summed E-state index contributed by atoms with van der Waals surface area (Å²) in [7, 11) is 0. The van der Waals surface area contributed by atoms with Crippen LogP contribution in [0.1, 0.15) is 34.3 Å². The molecule has 1 aliphatic carbocycles. The number of nitrogens with zero attached hydrogens (tertiary/aromatic N) is 2. The van der Waals surface area contributed by atoms with E-state index < -0.39 is 4.92 Å². The zero-order valence-electron chi connectivity index (χ0n) is 10.9. The van der Waals surface area contributed by atoms with E-state index in [-0.39, 0.29) is 11.5 Å². The number of nitro benzene ring substituents is 1. The van der Waals surface area contributed by atoms with Crippen molar-refractivity contribution >= 4 is 11.5 Å². The predicted molar refractivity (Wildman–Crippen MR) is 73.9 cm³/mol. The Labute approximate surface area is 116 Å². The zero-order chi connectivity index (χ0) is 14.1. The number of Topliss-reactive ketones (excluding diaryl/α,β-unsaturated/α-hetero) is 1. The highest BCUT2D eigenvalue weighted by Gasteiger charge is 2.19. The van der Waals surface area contributed by atoms with Crippen LogP contribution in [0.4, 0.5) is 5.69 Å². The summed E-state index contributed by atoms with van der Waals surface area (Å²) in [5.41, 5.74) is 2.85. The maximum atomic E-state index is 11.8. The van der Waals surface area contributed by atoms with Crippen LogP contribution in [0.15, 0.2) is 36.7 Å². The molecule has 20 heavy (non-hydrogen) atoms. The standard InChI is InChI=1S/C15H14N2O3/c18-15-6-2-4-12-9-16(10-14(12)15)8-11-3-1-5-13(7-11)17(19)20/h1,3,5,7,9-10H,2,4,6,8H2. The van der Waals surface area contributed by atoms with E-state index in [4.69, 9.17) is 0 Å². The minimum atomic E-state index is -0.395. The summed E-state index contributed by atoms with van der Waals surface area (Å²) < 4.78 is 1.94. The van der Waals surface area contributed by atoms with E-state index in [1.807, 2.05) is 23.0 Å². The largest absolute Gasteiger partial charge is 0.349 e. The molecule has 0 unspecified atom stereocenters. The van der Waals surface area contributed by atoms with Gasteiger partial charge in [0.1, 0.15) is 0 Å². The molecule has 5 heteroatoms. The first kappa shape index (κ1) is 12.6. The highest BCUT2D eigenvalue weighted by molar-refractivity contribution is 5.98. The highest BCUT2D eigenvalue weighted by atomic mass is 16.6. The van der Waals surface area contributed by atoms with Crippen molar-refractivity contribution in [2.45, 2.75) is 25.8 Å². The summed E-state index contributed by atoms with van der Waals surface area (Å²) in [5, 5.41) is 10.8. The quantitative estimate of drug-likeness (QED) is 0.636. The lowest BCUT2D eigenvalue weighted by Crippen LogP contribution is -2.07. The van der Waals surface area contributed by atoms with Crippen molar-refractivity contribution in [2.24, 2.45) is 0 Å². The van der Waals surface area contributed by atoms with Crippen molar-refractivity contribution in [3.8, 4) is 0 Å². The summed E-state index contributed by atoms with van der Waals surface area (Å²) in [5.74, 6) is 0.198. The lowest BCUT2D eigenvalue weighted by Gasteiger charge is -2.07. The first-order valence-corrected chi connectivity index (χ1v) is 6.58. The van der Waals surface area contributed by atoms with Crippen molar-refractivity contribution in [2.75, 3.05) is 0 Å². The normalized spacial score (nSPS) is 14.1. The van der Waals surface area contributed by atoms with Crippen LogP contribution in [0, 0.1) is 10.1 Å². The first-order valence-electron chi connectivity index (χ1n) is 6.58. The van der Waals surface area contributed by atoms with E-state index in [1.54, 1.807) is 12.1 Å². The summed E-state index contributed by atoms with van der Waals surface area (Å²) in [6.45, 7) is 0.544. The number of carbonyl (C=O) groups excluding carboxylic acids is 1. The Morgan fingerprint density at radius 3 is 2.85 bits per heavy atom. The van der Waals surface area contributed by atoms with E-state index in [1.165, 1.54) is 6.07 Å². The number of non-ortho nitro benzene ring substituents is 1. The van der Waals surface area contributed by atoms with Gasteiger partial charge in [-0.3, -0.25) is 14.9 Å². The number of aromatic nitrogens is 1. The van der Waals surface area contributed by atoms with Gasteiger partial charge in [-0.05, 0) is 24.0 Å². The summed E-state index contributed by atoms with van der Waals surface area (Å²) in [4.78, 5) is 22.2. The topological polar surface area (TPSA) is 65.1 Å². The van der Waals surface area contributed by atoms with Gasteiger partial charge >= 0.3 is 0 Å². The molecule has 0 atom stereocenters. The van der Waals surface area contributed by atoms with Gasteiger partial charge in [0.2, 0.25) is 0 Å². The molecule has 3 rings (SSSR count). The molecule has 0 aliphatic heterocycles. The van der Waals surface area contributed by atoms with E-state index in [9.17, 15) is 14.9 Å². The molecule has 0 spiro atoms. The summed E-state index contributed by atoms with van der Waals surface area (Å²) in [6, 6.07) is 6.59. The Morgan fingerprint density at radius 1 is 1.25 bits per heavy atom. The van der Waals surface area contributed by atoms with Gasteiger partial charge < -0.3 is 4.57 Å². The number of hydrogen-bond donors (Lipinski definition) is 0. The zero-order valence-corrected chi connectivity index (χ0v) is 10.9. The number of rotatable bonds is 3. The molecule has 1 heterocycles. The molecule has 0 radical (unpaired) electrons. The van der Waals surface area contributed by atoms with Crippen LogP contribution in [-0.4, -0.2) is 15.3 Å². The Balaban J connectivity index is 1.86. The molecule has 0 fully saturated rings. The van der Waals surface area contributed by atoms with Crippen molar-refractivity contribution in [3.63, 3.8) is 0 Å². The maximum absolute atomic E-state index is 11.8. The van der Waals surface area contributed by atoms with Crippen LogP contribution < -0.4 is 0 Å². The van der Waals surface area contributed by atoms with Gasteiger partial charge in [0.25, 0.3) is 5.69 Å². The third kappa shape index (κ3) is 2.34. The smallest absolute Gasteiger partial charge is 0.269 e. The molecule has 0 amide bonds. The van der Waals surface area contributed by atoms with Gasteiger partial charge in [-0.2, -0.15) is 0 Å². The third-order valence-electron chi connectivity index (χ3n) is 3.60. The molecular weight excluding hydrogens is 256 g/mol. The molecular formula is C15H14N2O3. The third-order valence-corrected chi connectivity index (χ3v) is 3.60. The first-order chi connectivity index (χ1) is 9.63. The van der Waals surface area contributed by atoms with Gasteiger partial charge in [0.15, 0.2) is 5.78 Å². The number of benzene rings is 1. The Bertz CT molecular complexity index is 688. The van der Waals surface area contributed by atoms with Crippen molar-refractivity contribution < 1.29 is 9.72 Å². The van der Waals surface area contributed by atoms with E-state index in [0.717, 1.165) is 29.5 Å². The molecule has 2 aromatic rings. The lowest BCUT2D eigenvalue weighted by molar-refractivity contribution is -0.384. The minimum absolute atomic E-state index is 0.0931. The van der Waals surface area contributed by atoms with Crippen LogP contribution in [0.2, 0.25) is 0 Å². The van der Waals surface area contributed by atoms with Crippen molar-refractivity contribution in [1.29, 1.82) is 0 Å². The van der Waals surface area contributed by atoms with Gasteiger partial charge in [0.05, 0.1) is 4.92 Å². The van der Waals surface area contributed by atoms with Crippen LogP contribution >= 0.6 is 0 Å². The second-order valence-electron chi connectivity index (χ2n) is 5.07. The number of aryl methyl sites for hydroxylation is 1. The van der Waals surface area contributed by atoms with Gasteiger partial charge in [-0.15, -0.1) is 0 Å². The fraction of sp³-hybridized carbons (Fsp3) is 0.267. The van der Waals surface area contributed by atoms with Gasteiger partial charge in [-0.1, -0.05) is 12.1 Å². The summed E-state index contributed by atoms with van der Waals surface area (Å²) >= 11 is 0. The second kappa shape index (κ2) is 4.92. The number of fused-ring (bicyclic) bond motifs is 1. The molecule has 0 saturated carbocycles. The molecule has 1 aromatic carbocycles. The Morgan fingerprint density at radius 2 is 2.10 bits per heavy atom. The highest BCUT2D eigenvalue weighted by Crippen LogP contribution is 2.23. The van der Waals surface area contributed by atoms with Crippen LogP contribution in [0.5, 0.6) is 0 Å². The second-order valence-corrected chi connectivity index (χ2v) is 5.07. The number of hydrogen-bond acceptors (Lipinski definition) is 3. The number of ketones is 1. The average Bonchev–Trinajstić information content (AvgIpc) is 2.83. The molecule has 102 valence electrons. The number of nitro groups is 1. The van der Waals surface area contributed by atoms with Crippen LogP contribution in [0.25, 0.3) is 0 Å². The molecule has 0 N–H and O–H groups in total. The SMILES string of the molecule is O=C1CCCc2cn(Cc3cccc([N+](=O)[O-])c3)cc21. The van der Waals surface area contributed by atoms with E-state index >= 15 is 0 Å². The van der Waals surface area contributed by atoms with E-state index in [2.05, 4.69) is 0 Å². The van der Waals surface area contributed by atoms with E-state index in [0.29, 0.717) is 13.0 Å². The Hall–Kier alpha value is -2.43. The van der Waals surface area contributed by atoms with Crippen LogP contribution in [-0.2, 0) is 13.0 Å². The average molecular weight is 270 g/mol. The van der Waals surface area contributed by atoms with Crippen LogP contribution in [0.3, 0.4) is 0 Å². The van der Waals surface area contributed by atoms with Crippen molar-refractivity contribution in [3.05, 3.63) is 63.5 Å². The molecule has 1 aliphatic rings. The maximum Gasteiger partial charge on any atom is 0.269 e. The van der Waals surface area contributed by atoms with Crippen molar-refractivity contribution in [1.82, 2.24) is 4.57 Å². The minimum Gasteiger partial charge on any atom is -0.349 e. The monoisotopic (exact) mass is 270 g/mol. The molecule has 0 bridgehead atoms. The van der Waals surface area contributed by atoms with Gasteiger partial charge in [-0.25, -0.2) is 0 Å². The predicted octanol–water partition coefficient (Wildman–Crippen LogP) is 2.96. The number of carbonyl (C=O) groups is 1.